The number of aromatic amines is 1. The van der Waals surface area contributed by atoms with Gasteiger partial charge in [0.05, 0.1) is 24.9 Å². The van der Waals surface area contributed by atoms with E-state index in [4.69, 9.17) is 9.47 Å². The van der Waals surface area contributed by atoms with Crippen LogP contribution in [-0.4, -0.2) is 52.5 Å². The maximum absolute atomic E-state index is 13.3. The summed E-state index contributed by atoms with van der Waals surface area (Å²) in [4.78, 5) is 15.2. The number of ether oxygens (including phenoxy) is 2. The molecule has 7 nitrogen and oxygen atoms in total. The summed E-state index contributed by atoms with van der Waals surface area (Å²) in [6.07, 6.45) is 2.00. The van der Waals surface area contributed by atoms with Crippen LogP contribution in [0.2, 0.25) is 0 Å². The van der Waals surface area contributed by atoms with Gasteiger partial charge in [-0.05, 0) is 54.8 Å². The van der Waals surface area contributed by atoms with Gasteiger partial charge in [-0.2, -0.15) is 5.10 Å². The predicted octanol–water partition coefficient (Wildman–Crippen LogP) is 3.52. The average Bonchev–Trinajstić information content (AvgIpc) is 3.49. The number of hydrogen-bond donors (Lipinski definition) is 2. The topological polar surface area (TPSA) is 87.7 Å². The van der Waals surface area contributed by atoms with Gasteiger partial charge in [0.1, 0.15) is 17.2 Å². The van der Waals surface area contributed by atoms with Gasteiger partial charge >= 0.3 is 0 Å². The molecule has 1 aromatic heterocycles. The molecule has 2 aliphatic heterocycles. The highest BCUT2D eigenvalue weighted by atomic mass is 16.5. The molecule has 0 bridgehead atoms. The molecule has 30 heavy (non-hydrogen) atoms. The molecular formula is C23H23N3O4. The molecule has 1 saturated heterocycles. The van der Waals surface area contributed by atoms with Gasteiger partial charge < -0.3 is 19.5 Å². The normalized spacial score (nSPS) is 20.6. The zero-order valence-corrected chi connectivity index (χ0v) is 16.7. The number of amides is 1. The van der Waals surface area contributed by atoms with Gasteiger partial charge in [0, 0.05) is 24.3 Å². The van der Waals surface area contributed by atoms with Crippen molar-refractivity contribution < 1.29 is 19.4 Å². The summed E-state index contributed by atoms with van der Waals surface area (Å²) in [5, 5.41) is 17.2. The molecule has 1 amide bonds. The van der Waals surface area contributed by atoms with Crippen molar-refractivity contribution in [1.82, 2.24) is 15.1 Å². The third-order valence-electron chi connectivity index (χ3n) is 5.86. The first-order valence-corrected chi connectivity index (χ1v) is 10.1. The zero-order chi connectivity index (χ0) is 20.7. The monoisotopic (exact) mass is 405 g/mol. The van der Waals surface area contributed by atoms with Gasteiger partial charge in [-0.3, -0.25) is 9.89 Å². The number of rotatable bonds is 5. The van der Waals surface area contributed by atoms with Crippen molar-refractivity contribution in [3.63, 3.8) is 0 Å². The summed E-state index contributed by atoms with van der Waals surface area (Å²) in [5.74, 6) is 0.875. The average molecular weight is 405 g/mol. The van der Waals surface area contributed by atoms with Crippen LogP contribution < -0.4 is 4.74 Å². The fourth-order valence-corrected chi connectivity index (χ4v) is 4.36. The van der Waals surface area contributed by atoms with E-state index in [0.29, 0.717) is 12.2 Å². The number of aromatic hydroxyl groups is 1. The molecule has 3 heterocycles. The lowest BCUT2D eigenvalue weighted by atomic mass is 9.96. The SMILES string of the molecule is COc1ccc(-c2n[nH]c3c2C(c2ccc(O)cc2)N(CC2CCCO2)C3=O)cc1. The van der Waals surface area contributed by atoms with Crippen LogP contribution in [0, 0.1) is 0 Å². The number of carbonyl (C=O) groups excluding carboxylic acids is 1. The van der Waals surface area contributed by atoms with E-state index in [1.165, 1.54) is 0 Å². The van der Waals surface area contributed by atoms with Crippen LogP contribution in [0.15, 0.2) is 48.5 Å². The fourth-order valence-electron chi connectivity index (χ4n) is 4.36. The number of phenols is 1. The Morgan fingerprint density at radius 3 is 2.63 bits per heavy atom. The summed E-state index contributed by atoms with van der Waals surface area (Å²) in [5.41, 5.74) is 3.94. The van der Waals surface area contributed by atoms with Crippen LogP contribution in [0.3, 0.4) is 0 Å². The first-order chi connectivity index (χ1) is 14.7. The Kier molecular flexibility index (Phi) is 4.67. The van der Waals surface area contributed by atoms with E-state index >= 15 is 0 Å². The van der Waals surface area contributed by atoms with Crippen molar-refractivity contribution in [3.05, 3.63) is 65.4 Å². The van der Waals surface area contributed by atoms with Gasteiger partial charge in [-0.25, -0.2) is 0 Å². The maximum atomic E-state index is 13.3. The van der Waals surface area contributed by atoms with Crippen molar-refractivity contribution >= 4 is 5.91 Å². The smallest absolute Gasteiger partial charge is 0.273 e. The number of phenolic OH excluding ortho intramolecular Hbond substituents is 1. The highest BCUT2D eigenvalue weighted by Crippen LogP contribution is 2.43. The number of methoxy groups -OCH3 is 1. The minimum Gasteiger partial charge on any atom is -0.508 e. The molecule has 5 rings (SSSR count). The summed E-state index contributed by atoms with van der Waals surface area (Å²) >= 11 is 0. The van der Waals surface area contributed by atoms with Crippen LogP contribution in [-0.2, 0) is 4.74 Å². The second-order valence-corrected chi connectivity index (χ2v) is 7.68. The Bertz CT molecular complexity index is 1050. The van der Waals surface area contributed by atoms with Gasteiger partial charge in [-0.15, -0.1) is 0 Å². The van der Waals surface area contributed by atoms with Crippen LogP contribution in [0.25, 0.3) is 11.3 Å². The lowest BCUT2D eigenvalue weighted by Crippen LogP contribution is -2.36. The predicted molar refractivity (Wildman–Crippen MR) is 111 cm³/mol. The van der Waals surface area contributed by atoms with Crippen LogP contribution in [0.5, 0.6) is 11.5 Å². The van der Waals surface area contributed by atoms with Crippen molar-refractivity contribution in [2.24, 2.45) is 0 Å². The Morgan fingerprint density at radius 2 is 1.97 bits per heavy atom. The van der Waals surface area contributed by atoms with Crippen molar-refractivity contribution in [3.8, 4) is 22.8 Å². The molecule has 2 atom stereocenters. The van der Waals surface area contributed by atoms with Crippen molar-refractivity contribution in [2.75, 3.05) is 20.3 Å². The Balaban J connectivity index is 1.59. The quantitative estimate of drug-likeness (QED) is 0.678. The van der Waals surface area contributed by atoms with Crippen molar-refractivity contribution in [2.45, 2.75) is 25.0 Å². The number of nitrogens with one attached hydrogen (secondary N) is 1. The van der Waals surface area contributed by atoms with Crippen LogP contribution in [0.1, 0.15) is 40.5 Å². The summed E-state index contributed by atoms with van der Waals surface area (Å²) < 4.78 is 11.1. The zero-order valence-electron chi connectivity index (χ0n) is 16.7. The molecular weight excluding hydrogens is 382 g/mol. The lowest BCUT2D eigenvalue weighted by molar-refractivity contribution is 0.0495. The fraction of sp³-hybridized carbons (Fsp3) is 0.304. The highest BCUT2D eigenvalue weighted by Gasteiger charge is 2.43. The van der Waals surface area contributed by atoms with Gasteiger partial charge in [0.25, 0.3) is 5.91 Å². The van der Waals surface area contributed by atoms with E-state index < -0.39 is 0 Å². The summed E-state index contributed by atoms with van der Waals surface area (Å²) in [6.45, 7) is 1.26. The number of hydrogen-bond acceptors (Lipinski definition) is 5. The van der Waals surface area contributed by atoms with E-state index in [2.05, 4.69) is 10.2 Å². The molecule has 0 spiro atoms. The Labute approximate surface area is 174 Å². The summed E-state index contributed by atoms with van der Waals surface area (Å²) in [6, 6.07) is 14.4. The minimum atomic E-state index is -0.298. The standard InChI is InChI=1S/C23H23N3O4/c1-29-17-10-6-14(7-11-17)20-19-21(25-24-20)23(28)26(13-18-3-2-12-30-18)22(19)15-4-8-16(27)9-5-15/h4-11,18,22,27H,2-3,12-13H2,1H3,(H,24,25). The largest absolute Gasteiger partial charge is 0.508 e. The highest BCUT2D eigenvalue weighted by molar-refractivity contribution is 6.00. The molecule has 0 radical (unpaired) electrons. The number of nitrogens with zero attached hydrogens (tertiary/aromatic N) is 2. The third-order valence-corrected chi connectivity index (χ3v) is 5.86. The van der Waals surface area contributed by atoms with Crippen LogP contribution >= 0.6 is 0 Å². The second-order valence-electron chi connectivity index (χ2n) is 7.68. The molecule has 2 aromatic carbocycles. The van der Waals surface area contributed by atoms with Gasteiger partial charge in [0.15, 0.2) is 0 Å². The first kappa shape index (κ1) is 18.7. The molecule has 2 aliphatic rings. The van der Waals surface area contributed by atoms with E-state index in [1.807, 2.05) is 41.3 Å². The molecule has 7 heteroatoms. The van der Waals surface area contributed by atoms with E-state index in [1.54, 1.807) is 19.2 Å². The molecule has 0 aliphatic carbocycles. The van der Waals surface area contributed by atoms with E-state index in [-0.39, 0.29) is 23.8 Å². The Hall–Kier alpha value is -3.32. The minimum absolute atomic E-state index is 0.0370. The van der Waals surface area contributed by atoms with E-state index in [0.717, 1.165) is 47.6 Å². The molecule has 2 N–H and O–H groups in total. The molecule has 1 fully saturated rings. The lowest BCUT2D eigenvalue weighted by Gasteiger charge is -2.28. The molecule has 0 saturated carbocycles. The van der Waals surface area contributed by atoms with Gasteiger partial charge in [-0.1, -0.05) is 12.1 Å². The number of H-pyrrole nitrogens is 1. The maximum Gasteiger partial charge on any atom is 0.273 e. The van der Waals surface area contributed by atoms with Crippen LogP contribution in [0.4, 0.5) is 0 Å². The Morgan fingerprint density at radius 1 is 1.20 bits per heavy atom. The number of fused-ring (bicyclic) bond motifs is 1. The van der Waals surface area contributed by atoms with E-state index in [9.17, 15) is 9.90 Å². The molecule has 2 unspecified atom stereocenters. The summed E-state index contributed by atoms with van der Waals surface area (Å²) in [7, 11) is 1.63. The van der Waals surface area contributed by atoms with Gasteiger partial charge in [0.2, 0.25) is 0 Å². The molecule has 3 aromatic rings. The second kappa shape index (κ2) is 7.50. The number of carbonyl (C=O) groups is 1. The molecule has 154 valence electrons. The van der Waals surface area contributed by atoms with Crippen molar-refractivity contribution in [1.29, 1.82) is 0 Å². The number of benzene rings is 2. The number of aromatic nitrogens is 2. The first-order valence-electron chi connectivity index (χ1n) is 10.1. The third kappa shape index (κ3) is 3.11.